The minimum atomic E-state index is -1.54. The largest absolute Gasteiger partial charge is 0.481 e. The van der Waals surface area contributed by atoms with Crippen LogP contribution in [0.4, 0.5) is 10.1 Å². The van der Waals surface area contributed by atoms with Crippen LogP contribution in [0.2, 0.25) is 0 Å². The Morgan fingerprint density at radius 1 is 1.31 bits per heavy atom. The molecule has 9 nitrogen and oxygen atoms in total. The van der Waals surface area contributed by atoms with E-state index < -0.39 is 48.4 Å². The number of amides is 2. The van der Waals surface area contributed by atoms with Crippen LogP contribution in [0.15, 0.2) is 23.1 Å². The van der Waals surface area contributed by atoms with Crippen LogP contribution >= 0.6 is 0 Å². The van der Waals surface area contributed by atoms with E-state index in [1.54, 1.807) is 6.92 Å². The number of aliphatic carboxylic acids is 1. The number of ketones is 1. The summed E-state index contributed by atoms with van der Waals surface area (Å²) in [6.07, 6.45) is 0.687. The Labute approximate surface area is 148 Å². The van der Waals surface area contributed by atoms with Gasteiger partial charge in [-0.15, -0.1) is 0 Å². The van der Waals surface area contributed by atoms with Gasteiger partial charge >= 0.3 is 5.97 Å². The molecule has 142 valence electrons. The number of pyridine rings is 1. The first kappa shape index (κ1) is 21.0. The molecule has 1 rings (SSSR count). The fourth-order valence-electron chi connectivity index (χ4n) is 2.08. The zero-order valence-electron chi connectivity index (χ0n) is 14.3. The number of carbonyl (C=O) groups excluding carboxylic acids is 3. The predicted octanol–water partition coefficient (Wildman–Crippen LogP) is 0.256. The van der Waals surface area contributed by atoms with Gasteiger partial charge in [-0.25, -0.2) is 4.39 Å². The molecule has 1 aromatic rings. The standard InChI is InChI=1S/C16H20FN3O6/c1-3-13(22)18-10-5-4-6-20(16(10)26)9(2)15(25)19-11(7-14(23)24)12(21)8-17/h4-6,9,11H,3,7-8H2,1-2H3,(H,18,22)(H,19,25)(H,23,24)/t9?,11-/m0/s1. The van der Waals surface area contributed by atoms with Crippen molar-refractivity contribution in [2.45, 2.75) is 38.8 Å². The summed E-state index contributed by atoms with van der Waals surface area (Å²) in [4.78, 5) is 58.3. The quantitative estimate of drug-likeness (QED) is 0.571. The van der Waals surface area contributed by atoms with Gasteiger partial charge in [0.1, 0.15) is 24.4 Å². The lowest BCUT2D eigenvalue weighted by Gasteiger charge is -2.20. The summed E-state index contributed by atoms with van der Waals surface area (Å²) in [6.45, 7) is 1.53. The van der Waals surface area contributed by atoms with Crippen LogP contribution < -0.4 is 16.2 Å². The normalized spacial score (nSPS) is 12.7. The Balaban J connectivity index is 3.02. The third-order valence-corrected chi connectivity index (χ3v) is 3.58. The van der Waals surface area contributed by atoms with Crippen molar-refractivity contribution in [3.8, 4) is 0 Å². The smallest absolute Gasteiger partial charge is 0.305 e. The molecular weight excluding hydrogens is 349 g/mol. The third kappa shape index (κ3) is 5.50. The fraction of sp³-hybridized carbons (Fsp3) is 0.438. The SMILES string of the molecule is CCC(=O)Nc1cccn(C(C)C(=O)N[C@@H](CC(=O)O)C(=O)CF)c1=O. The molecule has 2 atom stereocenters. The van der Waals surface area contributed by atoms with E-state index in [4.69, 9.17) is 5.11 Å². The lowest BCUT2D eigenvalue weighted by atomic mass is 10.1. The van der Waals surface area contributed by atoms with Gasteiger partial charge in [0.2, 0.25) is 11.8 Å². The molecule has 0 saturated carbocycles. The molecule has 0 aliphatic heterocycles. The maximum Gasteiger partial charge on any atom is 0.305 e. The highest BCUT2D eigenvalue weighted by Gasteiger charge is 2.26. The van der Waals surface area contributed by atoms with Crippen molar-refractivity contribution in [2.24, 2.45) is 0 Å². The Morgan fingerprint density at radius 2 is 1.96 bits per heavy atom. The summed E-state index contributed by atoms with van der Waals surface area (Å²) < 4.78 is 13.6. The van der Waals surface area contributed by atoms with E-state index in [0.717, 1.165) is 4.57 Å². The van der Waals surface area contributed by atoms with Crippen LogP contribution in [-0.4, -0.2) is 46.0 Å². The molecule has 0 bridgehead atoms. The lowest BCUT2D eigenvalue weighted by molar-refractivity contribution is -0.140. The average Bonchev–Trinajstić information content (AvgIpc) is 2.60. The summed E-state index contributed by atoms with van der Waals surface area (Å²) in [5.41, 5.74) is -0.676. The highest BCUT2D eigenvalue weighted by Crippen LogP contribution is 2.08. The van der Waals surface area contributed by atoms with Crippen LogP contribution in [0.1, 0.15) is 32.7 Å². The summed E-state index contributed by atoms with van der Waals surface area (Å²) in [5, 5.41) is 13.3. The topological polar surface area (TPSA) is 135 Å². The molecule has 1 heterocycles. The number of hydrogen-bond donors (Lipinski definition) is 3. The third-order valence-electron chi connectivity index (χ3n) is 3.58. The second-order valence-electron chi connectivity index (χ2n) is 5.47. The molecule has 1 unspecified atom stereocenters. The number of carboxylic acids is 1. The number of aromatic nitrogens is 1. The first-order valence-corrected chi connectivity index (χ1v) is 7.83. The van der Waals surface area contributed by atoms with E-state index in [2.05, 4.69) is 10.6 Å². The molecule has 0 spiro atoms. The molecule has 0 aromatic carbocycles. The van der Waals surface area contributed by atoms with Crippen LogP contribution in [-0.2, 0) is 19.2 Å². The minimum Gasteiger partial charge on any atom is -0.481 e. The van der Waals surface area contributed by atoms with E-state index in [1.807, 2.05) is 0 Å². The second-order valence-corrected chi connectivity index (χ2v) is 5.47. The van der Waals surface area contributed by atoms with Gasteiger partial charge in [-0.3, -0.25) is 24.0 Å². The number of Topliss-reactive ketones (excluding diaryl/α,β-unsaturated/α-hetero) is 1. The van der Waals surface area contributed by atoms with E-state index >= 15 is 0 Å². The van der Waals surface area contributed by atoms with Crippen LogP contribution in [0.3, 0.4) is 0 Å². The Bertz CT molecular complexity index is 761. The lowest BCUT2D eigenvalue weighted by Crippen LogP contribution is -2.46. The Hall–Kier alpha value is -3.04. The van der Waals surface area contributed by atoms with Gasteiger partial charge in [0.15, 0.2) is 5.78 Å². The predicted molar refractivity (Wildman–Crippen MR) is 89.5 cm³/mol. The van der Waals surface area contributed by atoms with E-state index in [1.165, 1.54) is 25.3 Å². The molecule has 1 aromatic heterocycles. The maximum atomic E-state index is 12.5. The number of halogens is 1. The molecular formula is C16H20FN3O6. The van der Waals surface area contributed by atoms with Crippen molar-refractivity contribution in [2.75, 3.05) is 12.0 Å². The number of alkyl halides is 1. The first-order valence-electron chi connectivity index (χ1n) is 7.83. The molecule has 26 heavy (non-hydrogen) atoms. The Morgan fingerprint density at radius 3 is 2.50 bits per heavy atom. The molecule has 2 amide bonds. The number of nitrogens with zero attached hydrogens (tertiary/aromatic N) is 1. The van der Waals surface area contributed by atoms with Gasteiger partial charge in [0, 0.05) is 12.6 Å². The average molecular weight is 369 g/mol. The van der Waals surface area contributed by atoms with Gasteiger partial charge in [0.25, 0.3) is 5.56 Å². The second kappa shape index (κ2) is 9.44. The van der Waals surface area contributed by atoms with E-state index in [-0.39, 0.29) is 18.0 Å². The Kier molecular flexibility index (Phi) is 7.63. The molecule has 0 radical (unpaired) electrons. The molecule has 0 aliphatic rings. The molecule has 10 heteroatoms. The van der Waals surface area contributed by atoms with Gasteiger partial charge in [-0.1, -0.05) is 6.92 Å². The van der Waals surface area contributed by atoms with Gasteiger partial charge in [-0.05, 0) is 19.1 Å². The fourth-order valence-corrected chi connectivity index (χ4v) is 2.08. The van der Waals surface area contributed by atoms with E-state index in [0.29, 0.717) is 0 Å². The van der Waals surface area contributed by atoms with Crippen molar-refractivity contribution in [3.05, 3.63) is 28.7 Å². The van der Waals surface area contributed by atoms with Gasteiger partial charge in [-0.2, -0.15) is 0 Å². The molecule has 0 saturated heterocycles. The number of hydrogen-bond acceptors (Lipinski definition) is 5. The summed E-state index contributed by atoms with van der Waals surface area (Å²) >= 11 is 0. The molecule has 3 N–H and O–H groups in total. The highest BCUT2D eigenvalue weighted by atomic mass is 19.1. The number of carboxylic acid groups (broad SMARTS) is 1. The van der Waals surface area contributed by atoms with Crippen molar-refractivity contribution in [1.82, 2.24) is 9.88 Å². The van der Waals surface area contributed by atoms with Crippen molar-refractivity contribution in [3.63, 3.8) is 0 Å². The van der Waals surface area contributed by atoms with Crippen molar-refractivity contribution >= 4 is 29.3 Å². The molecule has 0 fully saturated rings. The summed E-state index contributed by atoms with van der Waals surface area (Å²) in [5.74, 6) is -3.68. The monoisotopic (exact) mass is 369 g/mol. The van der Waals surface area contributed by atoms with Crippen LogP contribution in [0.5, 0.6) is 0 Å². The van der Waals surface area contributed by atoms with E-state index in [9.17, 15) is 28.4 Å². The molecule has 0 aliphatic carbocycles. The summed E-state index contributed by atoms with van der Waals surface area (Å²) in [6, 6.07) is 0.158. The maximum absolute atomic E-state index is 12.5. The van der Waals surface area contributed by atoms with Gasteiger partial charge < -0.3 is 20.3 Å². The number of rotatable bonds is 9. The minimum absolute atomic E-state index is 0.0269. The first-order chi connectivity index (χ1) is 12.2. The number of nitrogens with one attached hydrogen (secondary N) is 2. The number of carbonyl (C=O) groups is 4. The van der Waals surface area contributed by atoms with Crippen molar-refractivity contribution in [1.29, 1.82) is 0 Å². The van der Waals surface area contributed by atoms with Crippen LogP contribution in [0.25, 0.3) is 0 Å². The summed E-state index contributed by atoms with van der Waals surface area (Å²) in [7, 11) is 0. The van der Waals surface area contributed by atoms with Crippen molar-refractivity contribution < 1.29 is 28.7 Å². The highest BCUT2D eigenvalue weighted by molar-refractivity contribution is 5.93. The number of anilines is 1. The van der Waals surface area contributed by atoms with Crippen LogP contribution in [0, 0.1) is 0 Å². The zero-order chi connectivity index (χ0) is 19.9. The van der Waals surface area contributed by atoms with Gasteiger partial charge in [0.05, 0.1) is 6.42 Å². The zero-order valence-corrected chi connectivity index (χ0v) is 14.3.